The van der Waals surface area contributed by atoms with E-state index < -0.39 is 0 Å². The summed E-state index contributed by atoms with van der Waals surface area (Å²) < 4.78 is 0. The number of amidine groups is 1. The lowest BCUT2D eigenvalue weighted by Crippen LogP contribution is -2.29. The number of hydrogen-bond acceptors (Lipinski definition) is 5. The van der Waals surface area contributed by atoms with Gasteiger partial charge in [-0.1, -0.05) is 0 Å². The first kappa shape index (κ1) is 20.1. The summed E-state index contributed by atoms with van der Waals surface area (Å²) in [5.74, 6) is 1.01. The van der Waals surface area contributed by atoms with Crippen molar-refractivity contribution < 1.29 is 5.11 Å². The fourth-order valence-electron chi connectivity index (χ4n) is 5.33. The molecule has 6 rings (SSSR count). The summed E-state index contributed by atoms with van der Waals surface area (Å²) in [4.78, 5) is 14.7. The Morgan fingerprint density at radius 3 is 2.12 bits per heavy atom. The minimum Gasteiger partial charge on any atom is -0.509 e. The van der Waals surface area contributed by atoms with E-state index in [-0.39, 0.29) is 18.1 Å². The third-order valence-corrected chi connectivity index (χ3v) is 7.16. The van der Waals surface area contributed by atoms with Gasteiger partial charge in [0, 0.05) is 43.2 Å². The maximum Gasteiger partial charge on any atom is 0.145 e. The smallest absolute Gasteiger partial charge is 0.145 e. The second kappa shape index (κ2) is 8.14. The van der Waals surface area contributed by atoms with Gasteiger partial charge in [-0.2, -0.15) is 0 Å². The maximum absolute atomic E-state index is 10.8. The van der Waals surface area contributed by atoms with Gasteiger partial charge in [-0.05, 0) is 74.6 Å². The fraction of sp³-hybridized carbons (Fsp3) is 0.385. The Morgan fingerprint density at radius 1 is 0.788 bits per heavy atom. The fourth-order valence-corrected chi connectivity index (χ4v) is 5.33. The van der Waals surface area contributed by atoms with Crippen LogP contribution in [0.25, 0.3) is 16.6 Å². The molecule has 33 heavy (non-hydrogen) atoms. The van der Waals surface area contributed by atoms with Crippen molar-refractivity contribution in [3.8, 4) is 0 Å². The van der Waals surface area contributed by atoms with Crippen LogP contribution in [0, 0.1) is 5.41 Å². The van der Waals surface area contributed by atoms with Crippen LogP contribution in [-0.2, 0) is 0 Å². The van der Waals surface area contributed by atoms with E-state index in [0.717, 1.165) is 42.9 Å². The molecule has 2 fully saturated rings. The Hall–Kier alpha value is -3.48. The van der Waals surface area contributed by atoms with Crippen molar-refractivity contribution in [2.45, 2.75) is 32.1 Å². The number of hydrogen-bond donors (Lipinski definition) is 3. The minimum absolute atomic E-state index is 0.180. The standard InChI is InChI=1S/C26H30N6O/c27-25-24(23(33)17-32(25)19-8-6-18(7-9-19)30-14-4-5-15-30)26-28-21-11-10-20(16-22(21)29-26)31-12-2-1-3-13-31/h6-11,16,27,33H,1-5,12-15,17H2,(H,28,29). The molecule has 3 aromatic rings. The predicted molar refractivity (Wildman–Crippen MR) is 135 cm³/mol. The van der Waals surface area contributed by atoms with Crippen molar-refractivity contribution in [2.24, 2.45) is 0 Å². The number of aromatic nitrogens is 2. The van der Waals surface area contributed by atoms with E-state index in [1.54, 1.807) is 0 Å². The number of benzene rings is 2. The number of piperidine rings is 1. The molecule has 0 radical (unpaired) electrons. The highest BCUT2D eigenvalue weighted by Crippen LogP contribution is 2.33. The first-order valence-corrected chi connectivity index (χ1v) is 12.1. The number of aliphatic hydroxyl groups is 1. The van der Waals surface area contributed by atoms with Crippen LogP contribution < -0.4 is 14.7 Å². The van der Waals surface area contributed by atoms with Crippen molar-refractivity contribution >= 4 is 39.5 Å². The molecule has 0 spiro atoms. The monoisotopic (exact) mass is 442 g/mol. The first-order valence-electron chi connectivity index (χ1n) is 12.1. The quantitative estimate of drug-likeness (QED) is 0.534. The Balaban J connectivity index is 1.24. The SMILES string of the molecule is N=C1C(c2nc3ccc(N4CCCCC4)cc3[nH]2)=C(O)CN1c1ccc(N2CCCC2)cc1. The zero-order valence-corrected chi connectivity index (χ0v) is 18.8. The van der Waals surface area contributed by atoms with Crippen molar-refractivity contribution in [1.82, 2.24) is 9.97 Å². The molecule has 0 amide bonds. The Kier molecular flexibility index (Phi) is 4.97. The van der Waals surface area contributed by atoms with Crippen LogP contribution in [0.4, 0.5) is 17.1 Å². The number of imidazole rings is 1. The van der Waals surface area contributed by atoms with Gasteiger partial charge in [-0.25, -0.2) is 4.98 Å². The summed E-state index contributed by atoms with van der Waals surface area (Å²) in [5, 5.41) is 19.6. The number of fused-ring (bicyclic) bond motifs is 1. The average molecular weight is 443 g/mol. The van der Waals surface area contributed by atoms with Gasteiger partial charge >= 0.3 is 0 Å². The number of H-pyrrole nitrogens is 1. The second-order valence-electron chi connectivity index (χ2n) is 9.30. The lowest BCUT2D eigenvalue weighted by molar-refractivity contribution is 0.411. The highest BCUT2D eigenvalue weighted by molar-refractivity contribution is 6.30. The van der Waals surface area contributed by atoms with Gasteiger partial charge in [0.1, 0.15) is 17.4 Å². The molecule has 0 saturated carbocycles. The summed E-state index contributed by atoms with van der Waals surface area (Å²) in [5.41, 5.74) is 5.61. The van der Waals surface area contributed by atoms with Crippen LogP contribution in [0.1, 0.15) is 37.9 Å². The van der Waals surface area contributed by atoms with Crippen LogP contribution in [0.2, 0.25) is 0 Å². The van der Waals surface area contributed by atoms with Crippen LogP contribution in [0.5, 0.6) is 0 Å². The third kappa shape index (κ3) is 3.61. The van der Waals surface area contributed by atoms with Crippen LogP contribution in [-0.4, -0.2) is 53.6 Å². The molecule has 4 heterocycles. The molecule has 0 bridgehead atoms. The van der Waals surface area contributed by atoms with Gasteiger partial charge in [0.05, 0.1) is 23.2 Å². The number of rotatable bonds is 4. The Morgan fingerprint density at radius 2 is 1.39 bits per heavy atom. The zero-order chi connectivity index (χ0) is 22.4. The lowest BCUT2D eigenvalue weighted by Gasteiger charge is -2.28. The highest BCUT2D eigenvalue weighted by atomic mass is 16.3. The number of aromatic amines is 1. The van der Waals surface area contributed by atoms with Crippen molar-refractivity contribution in [2.75, 3.05) is 47.4 Å². The number of aliphatic hydroxyl groups excluding tert-OH is 1. The maximum atomic E-state index is 10.8. The predicted octanol–water partition coefficient (Wildman–Crippen LogP) is 4.92. The van der Waals surface area contributed by atoms with Crippen LogP contribution in [0.15, 0.2) is 48.2 Å². The van der Waals surface area contributed by atoms with E-state index in [1.165, 1.54) is 43.5 Å². The molecule has 3 aliphatic heterocycles. The topological polar surface area (TPSA) is 82.5 Å². The minimum atomic E-state index is 0.180. The summed E-state index contributed by atoms with van der Waals surface area (Å²) in [7, 11) is 0. The van der Waals surface area contributed by atoms with Gasteiger partial charge in [-0.3, -0.25) is 5.41 Å². The van der Waals surface area contributed by atoms with Gasteiger partial charge in [0.25, 0.3) is 0 Å². The van der Waals surface area contributed by atoms with Crippen LogP contribution in [0.3, 0.4) is 0 Å². The van der Waals surface area contributed by atoms with E-state index in [9.17, 15) is 5.11 Å². The number of nitrogens with zero attached hydrogens (tertiary/aromatic N) is 4. The third-order valence-electron chi connectivity index (χ3n) is 7.16. The zero-order valence-electron chi connectivity index (χ0n) is 18.8. The molecule has 2 aromatic carbocycles. The van der Waals surface area contributed by atoms with E-state index in [1.807, 2.05) is 23.1 Å². The van der Waals surface area contributed by atoms with E-state index in [0.29, 0.717) is 11.4 Å². The number of anilines is 3. The summed E-state index contributed by atoms with van der Waals surface area (Å²) >= 11 is 0. The van der Waals surface area contributed by atoms with E-state index in [2.05, 4.69) is 39.0 Å². The Bertz CT molecular complexity index is 1220. The normalized spacial score (nSPS) is 19.4. The lowest BCUT2D eigenvalue weighted by atomic mass is 10.1. The molecule has 0 aliphatic carbocycles. The van der Waals surface area contributed by atoms with Crippen molar-refractivity contribution in [1.29, 1.82) is 5.41 Å². The molecule has 170 valence electrons. The number of nitrogens with one attached hydrogen (secondary N) is 2. The summed E-state index contributed by atoms with van der Waals surface area (Å²) in [6, 6.07) is 14.6. The molecular weight excluding hydrogens is 412 g/mol. The van der Waals surface area contributed by atoms with Gasteiger partial charge in [-0.15, -0.1) is 0 Å². The highest BCUT2D eigenvalue weighted by Gasteiger charge is 2.31. The molecule has 3 aliphatic rings. The largest absolute Gasteiger partial charge is 0.509 e. The molecule has 7 nitrogen and oxygen atoms in total. The molecule has 1 aromatic heterocycles. The first-order chi connectivity index (χ1) is 16.2. The molecular formula is C26H30N6O. The van der Waals surface area contributed by atoms with E-state index in [4.69, 9.17) is 10.4 Å². The molecule has 0 atom stereocenters. The van der Waals surface area contributed by atoms with Crippen molar-refractivity contribution in [3.05, 3.63) is 54.0 Å². The summed E-state index contributed by atoms with van der Waals surface area (Å²) in [6.07, 6.45) is 6.27. The molecule has 0 unspecified atom stereocenters. The van der Waals surface area contributed by atoms with Crippen LogP contribution >= 0.6 is 0 Å². The Labute approximate surface area is 193 Å². The average Bonchev–Trinajstić information content (AvgIpc) is 3.58. The molecule has 7 heteroatoms. The second-order valence-corrected chi connectivity index (χ2v) is 9.30. The van der Waals surface area contributed by atoms with Gasteiger partial charge in [0.15, 0.2) is 0 Å². The molecule has 2 saturated heterocycles. The van der Waals surface area contributed by atoms with Gasteiger partial charge in [0.2, 0.25) is 0 Å². The summed E-state index contributed by atoms with van der Waals surface area (Å²) in [6.45, 7) is 4.68. The van der Waals surface area contributed by atoms with Crippen molar-refractivity contribution in [3.63, 3.8) is 0 Å². The molecule has 3 N–H and O–H groups in total. The van der Waals surface area contributed by atoms with E-state index >= 15 is 0 Å². The van der Waals surface area contributed by atoms with Gasteiger partial charge < -0.3 is 24.8 Å².